The number of nitrogens with one attached hydrogen (secondary N) is 1. The lowest BCUT2D eigenvalue weighted by molar-refractivity contribution is -0.138. The maximum absolute atomic E-state index is 13.0. The molecule has 1 amide bonds. The van der Waals surface area contributed by atoms with Gasteiger partial charge in [0.15, 0.2) is 0 Å². The van der Waals surface area contributed by atoms with Crippen LogP contribution in [0.5, 0.6) is 0 Å². The highest BCUT2D eigenvalue weighted by atomic mass is 16.5. The van der Waals surface area contributed by atoms with E-state index in [-0.39, 0.29) is 12.0 Å². The van der Waals surface area contributed by atoms with Gasteiger partial charge in [-0.2, -0.15) is 0 Å². The number of hydrogen-bond acceptors (Lipinski definition) is 4. The van der Waals surface area contributed by atoms with Crippen molar-refractivity contribution in [1.29, 1.82) is 0 Å². The summed E-state index contributed by atoms with van der Waals surface area (Å²) in [5.41, 5.74) is 0.965. The fraction of sp³-hybridized carbons (Fsp3) is 0.684. The highest BCUT2D eigenvalue weighted by Gasteiger charge is 2.28. The van der Waals surface area contributed by atoms with Gasteiger partial charge in [-0.3, -0.25) is 9.78 Å². The van der Waals surface area contributed by atoms with E-state index in [1.165, 1.54) is 6.42 Å². The monoisotopic (exact) mass is 331 g/mol. The van der Waals surface area contributed by atoms with E-state index >= 15 is 0 Å². The Balaban J connectivity index is 1.68. The van der Waals surface area contributed by atoms with Crippen molar-refractivity contribution in [3.8, 4) is 0 Å². The van der Waals surface area contributed by atoms with Gasteiger partial charge in [0, 0.05) is 18.8 Å². The maximum atomic E-state index is 13.0. The Morgan fingerprint density at radius 2 is 2.17 bits per heavy atom. The van der Waals surface area contributed by atoms with Crippen LogP contribution in [-0.2, 0) is 16.1 Å². The number of amides is 1. The molecule has 24 heavy (non-hydrogen) atoms. The summed E-state index contributed by atoms with van der Waals surface area (Å²) in [4.78, 5) is 19.5. The van der Waals surface area contributed by atoms with Crippen LogP contribution in [0.2, 0.25) is 0 Å². The van der Waals surface area contributed by atoms with Crippen molar-refractivity contribution in [2.75, 3.05) is 19.7 Å². The molecule has 0 radical (unpaired) electrons. The normalized spacial score (nSPS) is 25.0. The summed E-state index contributed by atoms with van der Waals surface area (Å²) >= 11 is 0. The van der Waals surface area contributed by atoms with Crippen molar-refractivity contribution in [2.45, 2.75) is 63.6 Å². The molecule has 2 aliphatic rings. The van der Waals surface area contributed by atoms with Gasteiger partial charge in [0.05, 0.1) is 24.8 Å². The Labute approximate surface area is 144 Å². The second-order valence-corrected chi connectivity index (χ2v) is 6.87. The van der Waals surface area contributed by atoms with Crippen LogP contribution in [0.4, 0.5) is 0 Å². The van der Waals surface area contributed by atoms with Gasteiger partial charge in [-0.05, 0) is 63.7 Å². The number of nitrogens with zero attached hydrogens (tertiary/aromatic N) is 2. The summed E-state index contributed by atoms with van der Waals surface area (Å²) in [5.74, 6) is 0.222. The summed E-state index contributed by atoms with van der Waals surface area (Å²) < 4.78 is 5.79. The minimum Gasteiger partial charge on any atom is -0.378 e. The van der Waals surface area contributed by atoms with Crippen LogP contribution < -0.4 is 5.32 Å². The quantitative estimate of drug-likeness (QED) is 0.901. The Morgan fingerprint density at radius 3 is 2.96 bits per heavy atom. The van der Waals surface area contributed by atoms with Crippen molar-refractivity contribution in [1.82, 2.24) is 15.2 Å². The fourth-order valence-electron chi connectivity index (χ4n) is 3.68. The molecule has 1 aromatic rings. The van der Waals surface area contributed by atoms with Crippen LogP contribution in [0.3, 0.4) is 0 Å². The van der Waals surface area contributed by atoms with Gasteiger partial charge in [0.2, 0.25) is 5.91 Å². The zero-order valence-electron chi connectivity index (χ0n) is 14.5. The van der Waals surface area contributed by atoms with Crippen LogP contribution >= 0.6 is 0 Å². The number of hydrogen-bond donors (Lipinski definition) is 1. The summed E-state index contributed by atoms with van der Waals surface area (Å²) in [7, 11) is 0. The molecule has 2 aliphatic heterocycles. The van der Waals surface area contributed by atoms with Crippen molar-refractivity contribution >= 4 is 5.91 Å². The zero-order valence-corrected chi connectivity index (χ0v) is 14.5. The summed E-state index contributed by atoms with van der Waals surface area (Å²) in [5, 5.41) is 3.44. The van der Waals surface area contributed by atoms with Gasteiger partial charge >= 0.3 is 0 Å². The van der Waals surface area contributed by atoms with E-state index in [1.54, 1.807) is 6.20 Å². The first-order valence-corrected chi connectivity index (χ1v) is 9.34. The number of aromatic nitrogens is 1. The number of carbonyl (C=O) groups excluding carboxylic acids is 1. The Bertz CT molecular complexity index is 495. The predicted molar refractivity (Wildman–Crippen MR) is 93.5 cm³/mol. The van der Waals surface area contributed by atoms with Gasteiger partial charge in [0.1, 0.15) is 0 Å². The minimum atomic E-state index is 0.0985. The molecule has 1 aromatic heterocycles. The third-order valence-electron chi connectivity index (χ3n) is 5.04. The zero-order chi connectivity index (χ0) is 16.6. The first-order chi connectivity index (χ1) is 11.8. The standard InChI is InChI=1S/C19H29N3O2/c23-19(14-18-8-2-4-13-24-18)22(15-16-6-1-3-11-21-16)17-7-5-10-20-12-9-17/h1,3,6,11,17-18,20H,2,4-5,7-10,12-15H2. The van der Waals surface area contributed by atoms with E-state index in [4.69, 9.17) is 4.74 Å². The summed E-state index contributed by atoms with van der Waals surface area (Å²) in [6, 6.07) is 6.22. The third kappa shape index (κ3) is 5.02. The van der Waals surface area contributed by atoms with E-state index in [0.717, 1.165) is 57.5 Å². The van der Waals surface area contributed by atoms with Gasteiger partial charge in [-0.1, -0.05) is 6.07 Å². The van der Waals surface area contributed by atoms with Crippen molar-refractivity contribution < 1.29 is 9.53 Å². The van der Waals surface area contributed by atoms with E-state index < -0.39 is 0 Å². The lowest BCUT2D eigenvalue weighted by Gasteiger charge is -2.33. The molecule has 5 nitrogen and oxygen atoms in total. The summed E-state index contributed by atoms with van der Waals surface area (Å²) in [6.07, 6.45) is 8.92. The molecule has 0 saturated carbocycles. The molecule has 0 bridgehead atoms. The van der Waals surface area contributed by atoms with Crippen LogP contribution in [0.25, 0.3) is 0 Å². The topological polar surface area (TPSA) is 54.5 Å². The summed E-state index contributed by atoms with van der Waals surface area (Å²) in [6.45, 7) is 3.44. The SMILES string of the molecule is O=C(CC1CCCCO1)N(Cc1ccccn1)C1CCCNCC1. The van der Waals surface area contributed by atoms with Crippen LogP contribution in [0.1, 0.15) is 50.6 Å². The van der Waals surface area contributed by atoms with Crippen molar-refractivity contribution in [3.05, 3.63) is 30.1 Å². The number of pyridine rings is 1. The van der Waals surface area contributed by atoms with Gasteiger partial charge in [-0.25, -0.2) is 0 Å². The second-order valence-electron chi connectivity index (χ2n) is 6.87. The average molecular weight is 331 g/mol. The van der Waals surface area contributed by atoms with Gasteiger partial charge in [0.25, 0.3) is 0 Å². The van der Waals surface area contributed by atoms with Crippen molar-refractivity contribution in [3.63, 3.8) is 0 Å². The minimum absolute atomic E-state index is 0.0985. The second kappa shape index (κ2) is 9.14. The van der Waals surface area contributed by atoms with Crippen molar-refractivity contribution in [2.24, 2.45) is 0 Å². The molecule has 1 N–H and O–H groups in total. The molecular formula is C19H29N3O2. The molecule has 2 atom stereocenters. The van der Waals surface area contributed by atoms with Crippen LogP contribution in [0, 0.1) is 0 Å². The van der Waals surface area contributed by atoms with Crippen LogP contribution in [0.15, 0.2) is 24.4 Å². The Kier molecular flexibility index (Phi) is 6.61. The lowest BCUT2D eigenvalue weighted by Crippen LogP contribution is -2.42. The Hall–Kier alpha value is -1.46. The molecule has 0 spiro atoms. The third-order valence-corrected chi connectivity index (χ3v) is 5.04. The molecule has 3 rings (SSSR count). The van der Waals surface area contributed by atoms with Crippen LogP contribution in [-0.4, -0.2) is 47.6 Å². The predicted octanol–water partition coefficient (Wildman–Crippen LogP) is 2.51. The molecule has 2 saturated heterocycles. The van der Waals surface area contributed by atoms with E-state index in [9.17, 15) is 4.79 Å². The highest BCUT2D eigenvalue weighted by molar-refractivity contribution is 5.77. The fourth-order valence-corrected chi connectivity index (χ4v) is 3.68. The molecule has 2 unspecified atom stereocenters. The van der Waals surface area contributed by atoms with E-state index in [1.807, 2.05) is 18.2 Å². The molecule has 0 aliphatic carbocycles. The molecule has 2 fully saturated rings. The smallest absolute Gasteiger partial charge is 0.225 e. The van der Waals surface area contributed by atoms with Gasteiger partial charge < -0.3 is 15.0 Å². The number of ether oxygens (including phenoxy) is 1. The number of carbonyl (C=O) groups is 1. The molecule has 132 valence electrons. The van der Waals surface area contributed by atoms with E-state index in [0.29, 0.717) is 19.0 Å². The Morgan fingerprint density at radius 1 is 1.21 bits per heavy atom. The molecule has 5 heteroatoms. The van der Waals surface area contributed by atoms with E-state index in [2.05, 4.69) is 15.2 Å². The maximum Gasteiger partial charge on any atom is 0.225 e. The average Bonchev–Trinajstić information content (AvgIpc) is 2.90. The number of rotatable bonds is 5. The molecular weight excluding hydrogens is 302 g/mol. The lowest BCUT2D eigenvalue weighted by atomic mass is 10.0. The van der Waals surface area contributed by atoms with Gasteiger partial charge in [-0.15, -0.1) is 0 Å². The first-order valence-electron chi connectivity index (χ1n) is 9.34. The highest BCUT2D eigenvalue weighted by Crippen LogP contribution is 2.21. The first kappa shape index (κ1) is 17.4. The molecule has 3 heterocycles. The molecule has 0 aromatic carbocycles. The largest absolute Gasteiger partial charge is 0.378 e.